The van der Waals surface area contributed by atoms with Crippen LogP contribution in [0.15, 0.2) is 76.9 Å². The molecule has 202 valence electrons. The molecule has 0 aliphatic carbocycles. The van der Waals surface area contributed by atoms with Crippen molar-refractivity contribution in [3.05, 3.63) is 93.5 Å². The lowest BCUT2D eigenvalue weighted by Crippen LogP contribution is -2.32. The fraction of sp³-hybridized carbons (Fsp3) is 0.250. The van der Waals surface area contributed by atoms with E-state index in [0.29, 0.717) is 21.2 Å². The number of halogens is 2. The Morgan fingerprint density at radius 3 is 2.18 bits per heavy atom. The maximum absolute atomic E-state index is 13.7. The van der Waals surface area contributed by atoms with Crippen molar-refractivity contribution < 1.29 is 9.59 Å². The van der Waals surface area contributed by atoms with Crippen LogP contribution in [0.3, 0.4) is 0 Å². The van der Waals surface area contributed by atoms with Gasteiger partial charge in [-0.25, -0.2) is 5.53 Å². The molecule has 1 saturated heterocycles. The molecule has 0 unspecified atom stereocenters. The van der Waals surface area contributed by atoms with Crippen LogP contribution in [0.25, 0.3) is 0 Å². The molecule has 1 aliphatic heterocycles. The van der Waals surface area contributed by atoms with Crippen molar-refractivity contribution in [2.45, 2.75) is 32.2 Å². The molecule has 0 spiro atoms. The van der Waals surface area contributed by atoms with Gasteiger partial charge in [-0.1, -0.05) is 41.4 Å². The summed E-state index contributed by atoms with van der Waals surface area (Å²) >= 11 is 12.7. The number of carbonyl (C=O) groups excluding carboxylic acids is 2. The van der Waals surface area contributed by atoms with Gasteiger partial charge in [0.25, 0.3) is 11.9 Å². The van der Waals surface area contributed by atoms with Crippen LogP contribution in [-0.4, -0.2) is 30.9 Å². The number of guanidine groups is 1. The number of carbonyl (C=O) groups is 2. The van der Waals surface area contributed by atoms with Gasteiger partial charge in [-0.05, 0) is 78.9 Å². The first-order chi connectivity index (χ1) is 18.9. The molecule has 11 heteroatoms. The Kier molecular flexibility index (Phi) is 9.51. The maximum Gasteiger partial charge on any atom is 0.265 e. The average molecular weight is 566 g/mol. The maximum atomic E-state index is 13.7. The number of benzene rings is 3. The van der Waals surface area contributed by atoms with Crippen molar-refractivity contribution in [2.75, 3.05) is 22.9 Å². The third-order valence-corrected chi connectivity index (χ3v) is 7.29. The molecule has 1 fully saturated rings. The summed E-state index contributed by atoms with van der Waals surface area (Å²) in [6.07, 6.45) is 3.64. The first-order valence-electron chi connectivity index (χ1n) is 12.5. The topological polar surface area (TPSA) is 127 Å². The summed E-state index contributed by atoms with van der Waals surface area (Å²) in [6.45, 7) is 2.33. The number of piperidine rings is 1. The molecule has 0 aromatic heterocycles. The molecule has 0 atom stereocenters. The fourth-order valence-corrected chi connectivity index (χ4v) is 5.00. The second-order valence-electron chi connectivity index (χ2n) is 9.14. The largest absolute Gasteiger partial charge is 0.372 e. The number of hydrogen-bond acceptors (Lipinski definition) is 6. The lowest BCUT2D eigenvalue weighted by molar-refractivity contribution is -0.118. The van der Waals surface area contributed by atoms with Crippen molar-refractivity contribution in [1.82, 2.24) is 5.32 Å². The molecular formula is C28H29Cl2N7O2. The SMILES string of the molecule is N=N/C(=N\N)NC(=O)c1ccc(CN(C(=O)Cc2c(Cl)cccc2Cl)c2ccc(N3CCCCC3)cc2)cc1. The molecule has 39 heavy (non-hydrogen) atoms. The van der Waals surface area contributed by atoms with Crippen molar-refractivity contribution in [3.63, 3.8) is 0 Å². The Hall–Kier alpha value is -3.95. The molecule has 0 saturated carbocycles. The third-order valence-electron chi connectivity index (χ3n) is 6.58. The monoisotopic (exact) mass is 565 g/mol. The van der Waals surface area contributed by atoms with E-state index in [0.717, 1.165) is 30.0 Å². The molecule has 3 aromatic rings. The number of nitrogens with two attached hydrogens (primary N) is 1. The standard InChI is InChI=1S/C28H29Cl2N7O2/c29-24-5-4-6-25(30)23(24)17-26(38)37(22-13-11-21(12-14-22)36-15-2-1-3-16-36)18-19-7-9-20(10-8-19)27(39)33-28(34-31)35-32/h4-14,31H,1-3,15-18,32H2,(H,33,35,39). The Balaban J connectivity index is 1.58. The van der Waals surface area contributed by atoms with E-state index in [1.165, 1.54) is 19.3 Å². The van der Waals surface area contributed by atoms with Crippen LogP contribution in [0.5, 0.6) is 0 Å². The highest BCUT2D eigenvalue weighted by molar-refractivity contribution is 6.36. The van der Waals surface area contributed by atoms with Gasteiger partial charge in [-0.3, -0.25) is 14.9 Å². The van der Waals surface area contributed by atoms with Gasteiger partial charge in [0, 0.05) is 40.1 Å². The average Bonchev–Trinajstić information content (AvgIpc) is 2.97. The first kappa shape index (κ1) is 28.1. The van der Waals surface area contributed by atoms with Gasteiger partial charge < -0.3 is 15.6 Å². The van der Waals surface area contributed by atoms with Crippen LogP contribution < -0.4 is 21.0 Å². The quantitative estimate of drug-likeness (QED) is 0.111. The van der Waals surface area contributed by atoms with Crippen LogP contribution in [0.1, 0.15) is 40.7 Å². The summed E-state index contributed by atoms with van der Waals surface area (Å²) in [6, 6.07) is 19.9. The molecule has 9 nitrogen and oxygen atoms in total. The Morgan fingerprint density at radius 1 is 0.949 bits per heavy atom. The second-order valence-corrected chi connectivity index (χ2v) is 9.95. The molecule has 1 aliphatic rings. The molecule has 4 rings (SSSR count). The summed E-state index contributed by atoms with van der Waals surface area (Å²) in [5, 5.41) is 9.49. The summed E-state index contributed by atoms with van der Waals surface area (Å²) < 4.78 is 0. The summed E-state index contributed by atoms with van der Waals surface area (Å²) in [4.78, 5) is 30.1. The Labute approximate surface area is 237 Å². The lowest BCUT2D eigenvalue weighted by atomic mass is 10.1. The first-order valence-corrected chi connectivity index (χ1v) is 13.3. The van der Waals surface area contributed by atoms with E-state index in [2.05, 4.69) is 20.4 Å². The molecule has 4 N–H and O–H groups in total. The molecule has 0 bridgehead atoms. The number of anilines is 2. The summed E-state index contributed by atoms with van der Waals surface area (Å²) in [5.74, 6) is 4.13. The van der Waals surface area contributed by atoms with Crippen molar-refractivity contribution in [3.8, 4) is 0 Å². The number of hydrazone groups is 1. The van der Waals surface area contributed by atoms with Crippen LogP contribution in [0.2, 0.25) is 10.0 Å². The van der Waals surface area contributed by atoms with E-state index in [9.17, 15) is 9.59 Å². The predicted octanol–water partition coefficient (Wildman–Crippen LogP) is 5.75. The minimum atomic E-state index is -0.503. The van der Waals surface area contributed by atoms with E-state index in [1.807, 2.05) is 24.3 Å². The van der Waals surface area contributed by atoms with Crippen LogP contribution in [0.4, 0.5) is 11.4 Å². The zero-order chi connectivity index (χ0) is 27.8. The van der Waals surface area contributed by atoms with Crippen LogP contribution >= 0.6 is 23.2 Å². The van der Waals surface area contributed by atoms with E-state index in [4.69, 9.17) is 34.6 Å². The summed E-state index contributed by atoms with van der Waals surface area (Å²) in [5.41, 5.74) is 10.6. The van der Waals surface area contributed by atoms with Gasteiger partial charge in [0.15, 0.2) is 0 Å². The zero-order valence-electron chi connectivity index (χ0n) is 21.2. The number of hydrogen-bond donors (Lipinski definition) is 3. The van der Waals surface area contributed by atoms with Gasteiger partial charge in [-0.15, -0.1) is 10.2 Å². The molecule has 3 aromatic carbocycles. The van der Waals surface area contributed by atoms with Crippen molar-refractivity contribution >= 4 is 52.4 Å². The van der Waals surface area contributed by atoms with Crippen LogP contribution in [-0.2, 0) is 17.8 Å². The summed E-state index contributed by atoms with van der Waals surface area (Å²) in [7, 11) is 0. The second kappa shape index (κ2) is 13.2. The minimum Gasteiger partial charge on any atom is -0.372 e. The van der Waals surface area contributed by atoms with Gasteiger partial charge in [-0.2, -0.15) is 0 Å². The van der Waals surface area contributed by atoms with E-state index >= 15 is 0 Å². The highest BCUT2D eigenvalue weighted by atomic mass is 35.5. The van der Waals surface area contributed by atoms with Crippen LogP contribution in [0, 0.1) is 5.53 Å². The molecule has 0 radical (unpaired) electrons. The minimum absolute atomic E-state index is 0.0324. The lowest BCUT2D eigenvalue weighted by Gasteiger charge is -2.30. The smallest absolute Gasteiger partial charge is 0.265 e. The molecular weight excluding hydrogens is 537 g/mol. The van der Waals surface area contributed by atoms with E-state index in [1.54, 1.807) is 47.4 Å². The normalized spacial score (nSPS) is 13.6. The highest BCUT2D eigenvalue weighted by Crippen LogP contribution is 2.28. The third kappa shape index (κ3) is 7.13. The molecule has 2 amide bonds. The number of nitrogens with zero attached hydrogens (tertiary/aromatic N) is 4. The van der Waals surface area contributed by atoms with E-state index in [-0.39, 0.29) is 24.8 Å². The van der Waals surface area contributed by atoms with Gasteiger partial charge in [0.2, 0.25) is 5.91 Å². The Morgan fingerprint density at radius 2 is 1.59 bits per heavy atom. The zero-order valence-corrected chi connectivity index (χ0v) is 22.8. The fourth-order valence-electron chi connectivity index (χ4n) is 4.47. The number of nitrogens with one attached hydrogen (secondary N) is 2. The van der Waals surface area contributed by atoms with E-state index < -0.39 is 5.91 Å². The Bertz CT molecular complexity index is 1340. The van der Waals surface area contributed by atoms with Gasteiger partial charge >= 0.3 is 0 Å². The van der Waals surface area contributed by atoms with Crippen molar-refractivity contribution in [2.24, 2.45) is 16.1 Å². The highest BCUT2D eigenvalue weighted by Gasteiger charge is 2.21. The number of rotatable bonds is 7. The number of amides is 2. The molecule has 1 heterocycles. The van der Waals surface area contributed by atoms with Crippen molar-refractivity contribution in [1.29, 1.82) is 5.53 Å². The van der Waals surface area contributed by atoms with Gasteiger partial charge in [0.05, 0.1) is 13.0 Å². The van der Waals surface area contributed by atoms with Gasteiger partial charge in [0.1, 0.15) is 0 Å². The predicted molar refractivity (Wildman–Crippen MR) is 155 cm³/mol.